The Kier molecular flexibility index (Phi) is 5.41. The molecule has 10 heteroatoms. The normalized spacial score (nSPS) is 28.4. The minimum absolute atomic E-state index is 0.172. The van der Waals surface area contributed by atoms with Gasteiger partial charge < -0.3 is 4.55 Å². The monoisotopic (exact) mass is 459 g/mol. The minimum Gasteiger partial charge on any atom is -0.592 e. The topological polar surface area (TPSA) is 101 Å². The number of nitrogens with one attached hydrogen (secondary N) is 1. The number of piperidine rings is 1. The Morgan fingerprint density at radius 3 is 2.81 bits per heavy atom. The summed E-state index contributed by atoms with van der Waals surface area (Å²) in [6.45, 7) is 0.597. The van der Waals surface area contributed by atoms with E-state index in [4.69, 9.17) is 4.99 Å². The van der Waals surface area contributed by atoms with Crippen LogP contribution in [0.5, 0.6) is 0 Å². The summed E-state index contributed by atoms with van der Waals surface area (Å²) in [5.74, 6) is 0.597. The number of thiophene rings is 1. The molecule has 2 unspecified atom stereocenters. The molecule has 164 valence electrons. The first-order chi connectivity index (χ1) is 15.0. The molecule has 0 aromatic carbocycles. The lowest BCUT2D eigenvalue weighted by Crippen LogP contribution is -2.62. The van der Waals surface area contributed by atoms with Gasteiger partial charge in [0.15, 0.2) is 10.4 Å². The van der Waals surface area contributed by atoms with E-state index in [2.05, 4.69) is 10.3 Å². The molecule has 0 radical (unpaired) electrons. The first-order valence-corrected chi connectivity index (χ1v) is 13.0. The SMILES string of the molecule is O=C1NC(=NC2CCCC2)C2(CCCN([S+](=O)([O-])c3cccs3)C2)N1c1cccnc1. The largest absolute Gasteiger partial charge is 0.592 e. The minimum atomic E-state index is -3.64. The summed E-state index contributed by atoms with van der Waals surface area (Å²) < 4.78 is 28.5. The average molecular weight is 460 g/mol. The van der Waals surface area contributed by atoms with Gasteiger partial charge in [-0.15, -0.1) is 4.31 Å². The molecule has 2 atom stereocenters. The highest BCUT2D eigenvalue weighted by molar-refractivity contribution is 7.97. The average Bonchev–Trinajstić information content (AvgIpc) is 3.52. The van der Waals surface area contributed by atoms with Crippen molar-refractivity contribution in [3.63, 3.8) is 0 Å². The van der Waals surface area contributed by atoms with Gasteiger partial charge in [0.25, 0.3) is 0 Å². The van der Waals surface area contributed by atoms with Gasteiger partial charge in [0, 0.05) is 18.8 Å². The van der Waals surface area contributed by atoms with Crippen molar-refractivity contribution in [3.8, 4) is 0 Å². The number of amides is 2. The number of pyridine rings is 1. The van der Waals surface area contributed by atoms with E-state index in [-0.39, 0.29) is 18.6 Å². The zero-order valence-corrected chi connectivity index (χ0v) is 18.7. The molecule has 31 heavy (non-hydrogen) atoms. The number of urea groups is 1. The van der Waals surface area contributed by atoms with Crippen molar-refractivity contribution in [2.45, 2.75) is 54.3 Å². The van der Waals surface area contributed by atoms with E-state index >= 15 is 0 Å². The van der Waals surface area contributed by atoms with E-state index in [0.29, 0.717) is 35.1 Å². The smallest absolute Gasteiger partial charge is 0.328 e. The number of carbonyl (C=O) groups is 1. The molecule has 0 bridgehead atoms. The zero-order chi connectivity index (χ0) is 21.5. The Labute approximate surface area is 186 Å². The van der Waals surface area contributed by atoms with Crippen LogP contribution < -0.4 is 10.2 Å². The van der Waals surface area contributed by atoms with Crippen molar-refractivity contribution >= 4 is 39.3 Å². The number of aromatic nitrogens is 1. The molecule has 3 aliphatic rings. The van der Waals surface area contributed by atoms with E-state index in [0.717, 1.165) is 25.7 Å². The maximum atomic E-state index is 13.3. The summed E-state index contributed by atoms with van der Waals surface area (Å²) in [5, 5.41) is 4.75. The molecule has 2 aromatic rings. The first-order valence-electron chi connectivity index (χ1n) is 10.6. The van der Waals surface area contributed by atoms with Crippen LogP contribution in [0.3, 0.4) is 0 Å². The van der Waals surface area contributed by atoms with Crippen LogP contribution in [0.1, 0.15) is 38.5 Å². The summed E-state index contributed by atoms with van der Waals surface area (Å²) in [6.07, 6.45) is 8.85. The molecular weight excluding hydrogens is 434 g/mol. The Balaban J connectivity index is 1.57. The zero-order valence-electron chi connectivity index (χ0n) is 17.1. The second kappa shape index (κ2) is 8.09. The number of hydrogen-bond donors (Lipinski definition) is 1. The van der Waals surface area contributed by atoms with E-state index in [1.807, 2.05) is 6.07 Å². The van der Waals surface area contributed by atoms with Crippen molar-refractivity contribution in [2.24, 2.45) is 4.99 Å². The molecule has 3 fully saturated rings. The number of rotatable bonds is 4. The second-order valence-electron chi connectivity index (χ2n) is 8.30. The molecule has 2 aromatic heterocycles. The predicted molar refractivity (Wildman–Crippen MR) is 120 cm³/mol. The van der Waals surface area contributed by atoms with Gasteiger partial charge in [-0.05, 0) is 49.3 Å². The van der Waals surface area contributed by atoms with E-state index in [1.165, 1.54) is 15.6 Å². The second-order valence-corrected chi connectivity index (χ2v) is 11.4. The van der Waals surface area contributed by atoms with Gasteiger partial charge in [-0.3, -0.25) is 20.2 Å². The van der Waals surface area contributed by atoms with Crippen molar-refractivity contribution in [3.05, 3.63) is 42.0 Å². The fraction of sp³-hybridized carbons (Fsp3) is 0.476. The highest BCUT2D eigenvalue weighted by Gasteiger charge is 2.56. The summed E-state index contributed by atoms with van der Waals surface area (Å²) in [7, 11) is -3.64. The van der Waals surface area contributed by atoms with Crippen molar-refractivity contribution < 1.29 is 13.6 Å². The van der Waals surface area contributed by atoms with Gasteiger partial charge >= 0.3 is 6.03 Å². The van der Waals surface area contributed by atoms with Crippen LogP contribution in [0.15, 0.2) is 51.2 Å². The number of anilines is 1. The third-order valence-corrected chi connectivity index (χ3v) is 9.58. The molecule has 5 rings (SSSR count). The number of hydrogen-bond acceptors (Lipinski definition) is 6. The van der Waals surface area contributed by atoms with Crippen molar-refractivity contribution in [2.75, 3.05) is 18.0 Å². The quantitative estimate of drug-likeness (QED) is 0.708. The maximum absolute atomic E-state index is 13.3. The van der Waals surface area contributed by atoms with Crippen LogP contribution in [0, 0.1) is 0 Å². The van der Waals surface area contributed by atoms with Gasteiger partial charge in [0.05, 0.1) is 24.5 Å². The number of nitrogens with zero attached hydrogens (tertiary/aromatic N) is 4. The van der Waals surface area contributed by atoms with Gasteiger partial charge in [-0.1, -0.05) is 28.4 Å². The Morgan fingerprint density at radius 2 is 2.10 bits per heavy atom. The summed E-state index contributed by atoms with van der Waals surface area (Å²) in [6, 6.07) is 6.88. The Bertz CT molecular complexity index is 1020. The van der Waals surface area contributed by atoms with Crippen LogP contribution in [0.25, 0.3) is 0 Å². The number of amidine groups is 1. The number of aliphatic imine (C=N–C) groups is 1. The lowest BCUT2D eigenvalue weighted by Gasteiger charge is -2.44. The lowest BCUT2D eigenvalue weighted by molar-refractivity contribution is 0.236. The highest BCUT2D eigenvalue weighted by Crippen LogP contribution is 2.40. The molecular formula is C21H25N5O3S2. The van der Waals surface area contributed by atoms with Crippen molar-refractivity contribution in [1.29, 1.82) is 0 Å². The molecule has 1 N–H and O–H groups in total. The fourth-order valence-corrected chi connectivity index (χ4v) is 7.58. The molecule has 2 aliphatic heterocycles. The summed E-state index contributed by atoms with van der Waals surface area (Å²) in [5.41, 5.74) is -0.211. The molecule has 2 amide bonds. The van der Waals surface area contributed by atoms with Crippen molar-refractivity contribution in [1.82, 2.24) is 14.6 Å². The molecule has 1 saturated carbocycles. The van der Waals surface area contributed by atoms with Crippen LogP contribution >= 0.6 is 11.3 Å². The van der Waals surface area contributed by atoms with Crippen LogP contribution in [-0.4, -0.2) is 50.4 Å². The van der Waals surface area contributed by atoms with Gasteiger partial charge in [-0.2, -0.15) is 0 Å². The standard InChI is InChI=1S/C21H25N5O3S2/c27-20-24-19(23-16-6-1-2-7-16)21(26(20)17-8-3-11-22-14-17)10-5-12-25(15-21)31(28,29)18-9-4-13-30-18/h3-4,8-9,11,13-14,16H,1-2,5-7,10,12,15H2,(H-,23,24,27,28,29). The van der Waals surface area contributed by atoms with Crippen LogP contribution in [-0.2, 0) is 14.6 Å². The summed E-state index contributed by atoms with van der Waals surface area (Å²) >= 11 is 1.21. The van der Waals surface area contributed by atoms with Gasteiger partial charge in [0.2, 0.25) is 4.21 Å². The van der Waals surface area contributed by atoms with E-state index in [9.17, 15) is 13.6 Å². The molecule has 2 saturated heterocycles. The first kappa shape index (κ1) is 20.7. The number of carbonyl (C=O) groups excluding carboxylic acids is 1. The van der Waals surface area contributed by atoms with E-state index < -0.39 is 15.9 Å². The summed E-state index contributed by atoms with van der Waals surface area (Å²) in [4.78, 5) is 24.0. The Hall–Kier alpha value is -2.14. The number of sulfonamides is 1. The van der Waals surface area contributed by atoms with Gasteiger partial charge in [-0.25, -0.2) is 4.79 Å². The molecule has 8 nitrogen and oxygen atoms in total. The van der Waals surface area contributed by atoms with Crippen LogP contribution in [0.2, 0.25) is 0 Å². The fourth-order valence-electron chi connectivity index (χ4n) is 4.91. The lowest BCUT2D eigenvalue weighted by atomic mass is 9.87. The predicted octanol–water partition coefficient (Wildman–Crippen LogP) is 3.45. The highest BCUT2D eigenvalue weighted by atomic mass is 32.3. The molecule has 4 heterocycles. The molecule has 1 spiro atoms. The third kappa shape index (κ3) is 3.61. The Morgan fingerprint density at radius 1 is 1.26 bits per heavy atom. The maximum Gasteiger partial charge on any atom is 0.328 e. The van der Waals surface area contributed by atoms with Gasteiger partial charge in [0.1, 0.15) is 11.4 Å². The van der Waals surface area contributed by atoms with Crippen LogP contribution in [0.4, 0.5) is 10.5 Å². The third-order valence-electron chi connectivity index (χ3n) is 6.36. The van der Waals surface area contributed by atoms with E-state index in [1.54, 1.807) is 40.9 Å². The molecule has 1 aliphatic carbocycles.